The number of allylic oxidation sites excluding steroid dienone is 2. The molecule has 33 heavy (non-hydrogen) atoms. The Morgan fingerprint density at radius 3 is 1.82 bits per heavy atom. The minimum absolute atomic E-state index is 0.109. The van der Waals surface area contributed by atoms with Gasteiger partial charge < -0.3 is 19.6 Å². The maximum absolute atomic E-state index is 13.2. The van der Waals surface area contributed by atoms with Crippen LogP contribution in [0.2, 0.25) is 0 Å². The van der Waals surface area contributed by atoms with Gasteiger partial charge in [-0.3, -0.25) is 0 Å². The highest BCUT2D eigenvalue weighted by molar-refractivity contribution is 6.01. The molecule has 1 aliphatic heterocycles. The second kappa shape index (κ2) is 10.4. The van der Waals surface area contributed by atoms with E-state index in [9.17, 15) is 20.0 Å². The predicted molar refractivity (Wildman–Crippen MR) is 123 cm³/mol. The minimum Gasteiger partial charge on any atom is -0.595 e. The zero-order valence-electron chi connectivity index (χ0n) is 19.1. The normalized spacial score (nSPS) is 15.5. The number of carbonyl (C=O) groups is 2. The summed E-state index contributed by atoms with van der Waals surface area (Å²) < 4.78 is 10.8. The highest BCUT2D eigenvalue weighted by Gasteiger charge is 2.41. The summed E-state index contributed by atoms with van der Waals surface area (Å²) >= 11 is 0. The second-order valence-corrected chi connectivity index (χ2v) is 7.47. The average Bonchev–Trinajstić information content (AvgIpc) is 2.79. The number of nitrogens with zero attached hydrogens (tertiary/aromatic N) is 1. The second-order valence-electron chi connectivity index (χ2n) is 7.47. The van der Waals surface area contributed by atoms with Crippen molar-refractivity contribution in [3.63, 3.8) is 0 Å². The van der Waals surface area contributed by atoms with Crippen LogP contribution in [0.3, 0.4) is 0 Å². The van der Waals surface area contributed by atoms with E-state index in [1.807, 2.05) is 49.1 Å². The summed E-state index contributed by atoms with van der Waals surface area (Å²) in [5.41, 5.74) is 3.34. The van der Waals surface area contributed by atoms with Crippen LogP contribution in [-0.4, -0.2) is 30.4 Å². The lowest BCUT2D eigenvalue weighted by atomic mass is 9.79. The van der Waals surface area contributed by atoms with Gasteiger partial charge in [0, 0.05) is 29.2 Å². The van der Waals surface area contributed by atoms with Crippen molar-refractivity contribution in [3.05, 3.63) is 87.9 Å². The number of ether oxygens (including phenoxy) is 2. The lowest BCUT2D eigenvalue weighted by Gasteiger charge is -2.38. The molecule has 174 valence electrons. The third-order valence-corrected chi connectivity index (χ3v) is 5.52. The van der Waals surface area contributed by atoms with Crippen molar-refractivity contribution in [2.24, 2.45) is 0 Å². The maximum Gasteiger partial charge on any atom is 0.336 e. The molecule has 0 aliphatic carbocycles. The Hall–Kier alpha value is -3.46. The molecule has 0 saturated heterocycles. The minimum atomic E-state index is -1.06. The molecule has 1 atom stereocenters. The van der Waals surface area contributed by atoms with Crippen LogP contribution in [0.5, 0.6) is 0 Å². The lowest BCUT2D eigenvalue weighted by Crippen LogP contribution is -2.99. The molecule has 0 bridgehead atoms. The van der Waals surface area contributed by atoms with Crippen molar-refractivity contribution in [1.29, 1.82) is 0 Å². The van der Waals surface area contributed by atoms with Gasteiger partial charge in [-0.2, -0.15) is 5.23 Å². The van der Waals surface area contributed by atoms with Gasteiger partial charge in [-0.15, -0.1) is 0 Å². The summed E-state index contributed by atoms with van der Waals surface area (Å²) in [6, 6.07) is 15.6. The molecule has 0 amide bonds. The van der Waals surface area contributed by atoms with Crippen LogP contribution in [0, 0.1) is 5.21 Å². The maximum atomic E-state index is 13.2. The van der Waals surface area contributed by atoms with Crippen LogP contribution in [0.4, 0.5) is 11.4 Å². The van der Waals surface area contributed by atoms with Gasteiger partial charge in [-0.25, -0.2) is 14.8 Å². The third-order valence-electron chi connectivity index (χ3n) is 5.52. The monoisotopic (exact) mass is 452 g/mol. The van der Waals surface area contributed by atoms with Gasteiger partial charge in [0.2, 0.25) is 0 Å². The van der Waals surface area contributed by atoms with Crippen LogP contribution in [0.25, 0.3) is 0 Å². The molecular weight excluding hydrogens is 424 g/mol. The van der Waals surface area contributed by atoms with Crippen molar-refractivity contribution < 1.29 is 29.5 Å². The Morgan fingerprint density at radius 1 is 0.909 bits per heavy atom. The van der Waals surface area contributed by atoms with Gasteiger partial charge >= 0.3 is 11.9 Å². The molecule has 0 saturated carbocycles. The van der Waals surface area contributed by atoms with Gasteiger partial charge in [0.25, 0.3) is 0 Å². The van der Waals surface area contributed by atoms with Crippen LogP contribution < -0.4 is 10.1 Å². The van der Waals surface area contributed by atoms with E-state index < -0.39 is 23.1 Å². The van der Waals surface area contributed by atoms with Crippen LogP contribution in [-0.2, 0) is 19.1 Å². The fraction of sp³-hybridized carbons (Fsp3) is 0.280. The zero-order chi connectivity index (χ0) is 24.1. The molecule has 8 nitrogen and oxygen atoms in total. The lowest BCUT2D eigenvalue weighted by molar-refractivity contribution is -0.991. The molecule has 0 fully saturated rings. The quantitative estimate of drug-likeness (QED) is 0.490. The molecule has 2 N–H and O–H groups in total. The molecule has 0 spiro atoms. The van der Waals surface area contributed by atoms with Gasteiger partial charge in [0.05, 0.1) is 30.3 Å². The molecule has 0 aromatic heterocycles. The Bertz CT molecular complexity index is 1030. The third kappa shape index (κ3) is 4.83. The number of hydrogen-bond donors (Lipinski definition) is 2. The topological polar surface area (TPSA) is 104 Å². The first-order chi connectivity index (χ1) is 15.8. The number of hydrogen-bond acceptors (Lipinski definition) is 7. The Balaban J connectivity index is 2.29. The molecular formula is C25H28N2O6. The summed E-state index contributed by atoms with van der Waals surface area (Å²) in [6.07, 6.45) is 0. The first kappa shape index (κ1) is 24.2. The van der Waals surface area contributed by atoms with Crippen LogP contribution in [0.15, 0.2) is 77.1 Å². The summed E-state index contributed by atoms with van der Waals surface area (Å²) in [7, 11) is 0. The number of esters is 2. The van der Waals surface area contributed by atoms with E-state index in [1.165, 1.54) is 12.1 Å². The van der Waals surface area contributed by atoms with Crippen LogP contribution >= 0.6 is 0 Å². The zero-order valence-corrected chi connectivity index (χ0v) is 19.1. The fourth-order valence-corrected chi connectivity index (χ4v) is 4.12. The van der Waals surface area contributed by atoms with E-state index in [2.05, 4.69) is 0 Å². The van der Waals surface area contributed by atoms with E-state index in [0.717, 1.165) is 5.69 Å². The molecule has 1 heterocycles. The number of quaternary nitrogens is 1. The summed E-state index contributed by atoms with van der Waals surface area (Å²) in [5, 5.41) is 19.6. The van der Waals surface area contributed by atoms with Crippen molar-refractivity contribution in [2.75, 3.05) is 18.1 Å². The summed E-state index contributed by atoms with van der Waals surface area (Å²) in [6.45, 7) is 7.39. The van der Waals surface area contributed by atoms with E-state index in [0.29, 0.717) is 28.1 Å². The van der Waals surface area contributed by atoms with Crippen molar-refractivity contribution in [3.8, 4) is 0 Å². The van der Waals surface area contributed by atoms with Gasteiger partial charge in [0.15, 0.2) is 5.69 Å². The number of carbonyl (C=O) groups excluding carboxylic acids is 2. The Morgan fingerprint density at radius 2 is 1.39 bits per heavy atom. The first-order valence-corrected chi connectivity index (χ1v) is 10.8. The van der Waals surface area contributed by atoms with Gasteiger partial charge in [0.1, 0.15) is 0 Å². The van der Waals surface area contributed by atoms with Crippen molar-refractivity contribution in [2.45, 2.75) is 33.6 Å². The summed E-state index contributed by atoms with van der Waals surface area (Å²) in [5.74, 6) is -1.86. The molecule has 2 aromatic rings. The predicted octanol–water partition coefficient (Wildman–Crippen LogP) is 3.37. The van der Waals surface area contributed by atoms with Gasteiger partial charge in [-0.05, 0) is 45.4 Å². The molecule has 8 heteroatoms. The van der Waals surface area contributed by atoms with Crippen LogP contribution in [0.1, 0.15) is 39.2 Å². The smallest absolute Gasteiger partial charge is 0.336 e. The molecule has 1 aliphatic rings. The largest absolute Gasteiger partial charge is 0.595 e. The first-order valence-electron chi connectivity index (χ1n) is 10.8. The van der Waals surface area contributed by atoms with Crippen molar-refractivity contribution >= 4 is 23.3 Å². The van der Waals surface area contributed by atoms with E-state index in [1.54, 1.807) is 26.0 Å². The highest BCUT2D eigenvalue weighted by Crippen LogP contribution is 2.44. The number of rotatable bonds is 7. The Kier molecular flexibility index (Phi) is 7.65. The van der Waals surface area contributed by atoms with E-state index in [4.69, 9.17) is 9.47 Å². The molecule has 2 aromatic carbocycles. The van der Waals surface area contributed by atoms with E-state index in [-0.39, 0.29) is 18.9 Å². The number of benzene rings is 2. The number of nitrogens with one attached hydrogen (secondary N) is 1. The SMILES string of the molecule is CCOC(=O)C1=C(C)N(c2ccccc2)C(C)=C(C(=O)OCC)C1c1ccc([NH+]([O-])O)cc1. The summed E-state index contributed by atoms with van der Waals surface area (Å²) in [4.78, 5) is 28.3. The molecule has 3 rings (SSSR count). The molecule has 0 radical (unpaired) electrons. The number of anilines is 1. The fourth-order valence-electron chi connectivity index (χ4n) is 4.12. The Labute approximate surface area is 192 Å². The van der Waals surface area contributed by atoms with Gasteiger partial charge in [-0.1, -0.05) is 30.3 Å². The van der Waals surface area contributed by atoms with Crippen molar-refractivity contribution in [1.82, 2.24) is 0 Å². The number of para-hydroxylation sites is 1. The highest BCUT2D eigenvalue weighted by atomic mass is 16.8. The average molecular weight is 453 g/mol. The standard InChI is InChI=1S/C25H28N2O6/c1-5-32-24(28)21-16(3)26(19-10-8-7-9-11-19)17(4)22(25(29)33-6-2)23(21)18-12-14-20(15-13-18)27(30)31/h7-15,23,27,30H,5-6H2,1-4H3. The van der Waals surface area contributed by atoms with E-state index >= 15 is 0 Å². The molecule has 1 unspecified atom stereocenters.